The lowest BCUT2D eigenvalue weighted by molar-refractivity contribution is 0.133. The fourth-order valence-corrected chi connectivity index (χ4v) is 8.81. The molecule has 0 bridgehead atoms. The molecule has 0 saturated carbocycles. The van der Waals surface area contributed by atoms with Gasteiger partial charge in [-0.3, -0.25) is 4.21 Å². The number of fused-ring (bicyclic) bond motifs is 1. The highest BCUT2D eigenvalue weighted by Crippen LogP contribution is 2.59. The Morgan fingerprint density at radius 1 is 1.31 bits per heavy atom. The lowest BCUT2D eigenvalue weighted by atomic mass is 9.67. The first-order valence-electron chi connectivity index (χ1n) is 8.23. The highest BCUT2D eigenvalue weighted by atomic mass is 35.5. The van der Waals surface area contributed by atoms with E-state index < -0.39 is 42.8 Å². The molecule has 0 radical (unpaired) electrons. The van der Waals surface area contributed by atoms with Crippen molar-refractivity contribution in [3.63, 3.8) is 0 Å². The number of rotatable bonds is 3. The molecule has 1 aliphatic carbocycles. The van der Waals surface area contributed by atoms with Crippen molar-refractivity contribution < 1.29 is 21.4 Å². The van der Waals surface area contributed by atoms with E-state index >= 15 is 4.39 Å². The summed E-state index contributed by atoms with van der Waals surface area (Å²) in [5, 5.41) is 0.376. The first-order chi connectivity index (χ1) is 12.1. The fraction of sp³-hybridized carbons (Fsp3) is 0.444. The molecular formula is C18H19ClF2O3S2. The van der Waals surface area contributed by atoms with Crippen LogP contribution in [0.2, 0.25) is 5.02 Å². The normalized spacial score (nSPS) is 34.7. The van der Waals surface area contributed by atoms with Crippen LogP contribution in [0.15, 0.2) is 52.0 Å². The summed E-state index contributed by atoms with van der Waals surface area (Å²) in [6.07, 6.45) is 0.256. The molecule has 0 N–H and O–H groups in total. The average Bonchev–Trinajstić information content (AvgIpc) is 2.59. The van der Waals surface area contributed by atoms with Gasteiger partial charge in [-0.25, -0.2) is 17.2 Å². The maximum atomic E-state index is 15.1. The predicted molar refractivity (Wildman–Crippen MR) is 99.6 cm³/mol. The van der Waals surface area contributed by atoms with Crippen LogP contribution in [0, 0.1) is 5.41 Å². The zero-order chi connectivity index (χ0) is 19.3. The second kappa shape index (κ2) is 6.53. The molecule has 1 fully saturated rings. The van der Waals surface area contributed by atoms with Crippen molar-refractivity contribution in [2.75, 3.05) is 5.75 Å². The quantitative estimate of drug-likeness (QED) is 0.722. The summed E-state index contributed by atoms with van der Waals surface area (Å²) in [6.45, 7) is 3.03. The third kappa shape index (κ3) is 2.47. The van der Waals surface area contributed by atoms with Crippen LogP contribution in [-0.4, -0.2) is 29.3 Å². The van der Waals surface area contributed by atoms with Crippen LogP contribution in [0.3, 0.4) is 0 Å². The summed E-state index contributed by atoms with van der Waals surface area (Å²) in [4.78, 5) is -0.239. The smallest absolute Gasteiger partial charge is 0.185 e. The summed E-state index contributed by atoms with van der Waals surface area (Å²) < 4.78 is 67.7. The van der Waals surface area contributed by atoms with Crippen LogP contribution in [0.25, 0.3) is 0 Å². The Morgan fingerprint density at radius 2 is 1.92 bits per heavy atom. The van der Waals surface area contributed by atoms with E-state index in [4.69, 9.17) is 11.6 Å². The van der Waals surface area contributed by atoms with Gasteiger partial charge in [-0.1, -0.05) is 25.4 Å². The number of sulfone groups is 1. The Balaban J connectivity index is 2.30. The fourth-order valence-electron chi connectivity index (χ4n) is 4.22. The maximum Gasteiger partial charge on any atom is 0.185 e. The van der Waals surface area contributed by atoms with Crippen LogP contribution in [0.5, 0.6) is 0 Å². The summed E-state index contributed by atoms with van der Waals surface area (Å²) in [7, 11) is -5.83. The van der Waals surface area contributed by atoms with Crippen LogP contribution >= 0.6 is 11.6 Å². The van der Waals surface area contributed by atoms with Gasteiger partial charge >= 0.3 is 0 Å². The molecule has 3 nitrogen and oxygen atoms in total. The van der Waals surface area contributed by atoms with Gasteiger partial charge in [-0.15, -0.1) is 0 Å². The average molecular weight is 421 g/mol. The van der Waals surface area contributed by atoms with Gasteiger partial charge in [0.05, 0.1) is 30.8 Å². The largest absolute Gasteiger partial charge is 0.255 e. The van der Waals surface area contributed by atoms with Gasteiger partial charge in [0, 0.05) is 10.8 Å². The molecule has 1 aromatic carbocycles. The molecule has 2 aliphatic rings. The SMILES string of the molecule is CCC1(S(=O)(=O)c2ccc(Cl)cc2)CCS(=O)C2=C(F)C=CC(F)C21C. The van der Waals surface area contributed by atoms with E-state index in [2.05, 4.69) is 0 Å². The molecule has 0 spiro atoms. The Bertz CT molecular complexity index is 924. The van der Waals surface area contributed by atoms with E-state index in [1.165, 1.54) is 31.2 Å². The molecule has 142 valence electrons. The number of halogens is 3. The number of hydrogen-bond donors (Lipinski definition) is 0. The van der Waals surface area contributed by atoms with Crippen molar-refractivity contribution in [3.05, 3.63) is 52.2 Å². The molecule has 3 rings (SSSR count). The van der Waals surface area contributed by atoms with Gasteiger partial charge in [0.15, 0.2) is 9.84 Å². The number of hydrogen-bond acceptors (Lipinski definition) is 3. The van der Waals surface area contributed by atoms with Crippen molar-refractivity contribution in [3.8, 4) is 0 Å². The molecule has 0 amide bonds. The third-order valence-corrected chi connectivity index (χ3v) is 10.5. The summed E-state index contributed by atoms with van der Waals surface area (Å²) in [6, 6.07) is 5.64. The Labute approximate surface area is 159 Å². The molecule has 1 aromatic rings. The summed E-state index contributed by atoms with van der Waals surface area (Å²) in [5.41, 5.74) is -1.75. The first kappa shape index (κ1) is 19.7. The molecule has 4 unspecified atom stereocenters. The zero-order valence-corrected chi connectivity index (χ0v) is 16.7. The minimum absolute atomic E-state index is 0.000770. The van der Waals surface area contributed by atoms with Crippen LogP contribution in [0.4, 0.5) is 8.78 Å². The van der Waals surface area contributed by atoms with Crippen molar-refractivity contribution in [2.24, 2.45) is 5.41 Å². The zero-order valence-electron chi connectivity index (χ0n) is 14.3. The minimum Gasteiger partial charge on any atom is -0.255 e. The van der Waals surface area contributed by atoms with Gasteiger partial charge < -0.3 is 0 Å². The van der Waals surface area contributed by atoms with Crippen LogP contribution in [-0.2, 0) is 20.6 Å². The highest BCUT2D eigenvalue weighted by molar-refractivity contribution is 7.93. The third-order valence-electron chi connectivity index (χ3n) is 5.73. The molecule has 26 heavy (non-hydrogen) atoms. The van der Waals surface area contributed by atoms with Gasteiger partial charge in [0.1, 0.15) is 12.0 Å². The lowest BCUT2D eigenvalue weighted by Crippen LogP contribution is -2.61. The molecule has 0 aromatic heterocycles. The number of benzene rings is 1. The molecule has 1 aliphatic heterocycles. The van der Waals surface area contributed by atoms with Crippen LogP contribution < -0.4 is 0 Å². The minimum atomic E-state index is -4.07. The van der Waals surface area contributed by atoms with Crippen LogP contribution in [0.1, 0.15) is 26.7 Å². The number of allylic oxidation sites excluding steroid dienone is 4. The molecular weight excluding hydrogens is 402 g/mol. The lowest BCUT2D eigenvalue weighted by Gasteiger charge is -2.53. The van der Waals surface area contributed by atoms with E-state index in [1.807, 2.05) is 0 Å². The van der Waals surface area contributed by atoms with Gasteiger partial charge in [-0.05, 0) is 49.3 Å². The highest BCUT2D eigenvalue weighted by Gasteiger charge is 2.65. The molecule has 1 saturated heterocycles. The molecule has 1 heterocycles. The van der Waals surface area contributed by atoms with E-state index in [0.29, 0.717) is 5.02 Å². The van der Waals surface area contributed by atoms with E-state index in [1.54, 1.807) is 6.92 Å². The van der Waals surface area contributed by atoms with Gasteiger partial charge in [0.2, 0.25) is 0 Å². The predicted octanol–water partition coefficient (Wildman–Crippen LogP) is 4.51. The van der Waals surface area contributed by atoms with E-state index in [0.717, 1.165) is 12.2 Å². The Kier molecular flexibility index (Phi) is 4.95. The molecule has 8 heteroatoms. The van der Waals surface area contributed by atoms with Crippen molar-refractivity contribution in [1.82, 2.24) is 0 Å². The van der Waals surface area contributed by atoms with Gasteiger partial charge in [0.25, 0.3) is 0 Å². The van der Waals surface area contributed by atoms with Gasteiger partial charge in [-0.2, -0.15) is 0 Å². The molecule has 4 atom stereocenters. The monoisotopic (exact) mass is 420 g/mol. The topological polar surface area (TPSA) is 51.2 Å². The standard InChI is InChI=1S/C18H19ClF2O3S2/c1-3-18(26(23,24)13-6-4-12(19)5-7-13)10-11-25(22)16-14(20)8-9-15(21)17(16,18)2/h4-9,15H,3,10-11H2,1-2H3. The second-order valence-corrected chi connectivity index (χ2v) is 10.9. The first-order valence-corrected chi connectivity index (χ1v) is 11.4. The summed E-state index contributed by atoms with van der Waals surface area (Å²) >= 11 is 5.85. The maximum absolute atomic E-state index is 15.1. The van der Waals surface area contributed by atoms with E-state index in [-0.39, 0.29) is 28.4 Å². The summed E-state index contributed by atoms with van der Waals surface area (Å²) in [5.74, 6) is -0.830. The Hall–Kier alpha value is -1.05. The van der Waals surface area contributed by atoms with Crippen molar-refractivity contribution in [2.45, 2.75) is 42.5 Å². The van der Waals surface area contributed by atoms with Crippen molar-refractivity contribution >= 4 is 32.2 Å². The van der Waals surface area contributed by atoms with E-state index in [9.17, 15) is 17.0 Å². The second-order valence-electron chi connectivity index (χ2n) is 6.75. The van der Waals surface area contributed by atoms with Crippen molar-refractivity contribution in [1.29, 1.82) is 0 Å². The number of alkyl halides is 1. The Morgan fingerprint density at radius 3 is 2.50 bits per heavy atom.